The number of rotatable bonds is 10. The Hall–Kier alpha value is -4.92. The normalized spacial score (nSPS) is 10.9. The van der Waals surface area contributed by atoms with Gasteiger partial charge in [0, 0.05) is 23.1 Å². The van der Waals surface area contributed by atoms with Crippen LogP contribution in [0.15, 0.2) is 88.9 Å². The van der Waals surface area contributed by atoms with Gasteiger partial charge in [0.2, 0.25) is 0 Å². The lowest BCUT2D eigenvalue weighted by Gasteiger charge is -2.16. The van der Waals surface area contributed by atoms with Gasteiger partial charge < -0.3 is 13.9 Å². The lowest BCUT2D eigenvalue weighted by molar-refractivity contribution is -0.384. The zero-order valence-corrected chi connectivity index (χ0v) is 19.5. The van der Waals surface area contributed by atoms with E-state index in [0.717, 1.165) is 16.5 Å². The summed E-state index contributed by atoms with van der Waals surface area (Å²) in [4.78, 5) is 22.8. The molecule has 0 radical (unpaired) electrons. The molecule has 0 fully saturated rings. The Morgan fingerprint density at radius 3 is 2.64 bits per heavy atom. The van der Waals surface area contributed by atoms with Crippen molar-refractivity contribution in [3.63, 3.8) is 0 Å². The molecule has 9 heteroatoms. The first-order valence-electron chi connectivity index (χ1n) is 11.0. The summed E-state index contributed by atoms with van der Waals surface area (Å²) in [6.07, 6.45) is 3.73. The molecule has 0 unspecified atom stereocenters. The molecule has 0 aliphatic heterocycles. The van der Waals surface area contributed by atoms with Crippen LogP contribution in [-0.2, 0) is 13.0 Å². The number of nitrogens with one attached hydrogen (secondary N) is 1. The van der Waals surface area contributed by atoms with E-state index in [1.165, 1.54) is 25.5 Å². The molecule has 1 heterocycles. The number of amides is 1. The van der Waals surface area contributed by atoms with E-state index in [9.17, 15) is 14.9 Å². The average molecular weight is 485 g/mol. The largest absolute Gasteiger partial charge is 0.493 e. The van der Waals surface area contributed by atoms with Gasteiger partial charge in [-0.1, -0.05) is 24.3 Å². The predicted molar refractivity (Wildman–Crippen MR) is 136 cm³/mol. The smallest absolute Gasteiger partial charge is 0.307 e. The van der Waals surface area contributed by atoms with Crippen molar-refractivity contribution < 1.29 is 23.6 Å². The third-order valence-electron chi connectivity index (χ3n) is 5.30. The van der Waals surface area contributed by atoms with Gasteiger partial charge in [0.1, 0.15) is 12.2 Å². The van der Waals surface area contributed by atoms with Gasteiger partial charge in [0.05, 0.1) is 18.2 Å². The van der Waals surface area contributed by atoms with E-state index in [2.05, 4.69) is 17.1 Å². The number of carbonyl (C=O) groups excluding carboxylic acids is 1. The maximum Gasteiger partial charge on any atom is 0.307 e. The molecule has 0 spiro atoms. The first kappa shape index (κ1) is 24.2. The van der Waals surface area contributed by atoms with Crippen molar-refractivity contribution in [3.05, 3.63) is 112 Å². The fourth-order valence-electron chi connectivity index (χ4n) is 3.56. The van der Waals surface area contributed by atoms with Gasteiger partial charge >= 0.3 is 5.91 Å². The third-order valence-corrected chi connectivity index (χ3v) is 5.30. The highest BCUT2D eigenvalue weighted by molar-refractivity contribution is 5.96. The minimum atomic E-state index is -0.469. The van der Waals surface area contributed by atoms with E-state index in [1.54, 1.807) is 36.4 Å². The maximum atomic E-state index is 12.4. The number of hydrogen-bond acceptors (Lipinski definition) is 7. The highest BCUT2D eigenvalue weighted by atomic mass is 16.6. The van der Waals surface area contributed by atoms with Crippen molar-refractivity contribution in [1.29, 1.82) is 0 Å². The summed E-state index contributed by atoms with van der Waals surface area (Å²) in [5.41, 5.74) is 5.35. The van der Waals surface area contributed by atoms with Crippen LogP contribution in [0.5, 0.6) is 11.5 Å². The van der Waals surface area contributed by atoms with E-state index in [4.69, 9.17) is 13.9 Å². The maximum absolute atomic E-state index is 12.4. The highest BCUT2D eigenvalue weighted by Gasteiger charge is 2.14. The Labute approximate surface area is 206 Å². The summed E-state index contributed by atoms with van der Waals surface area (Å²) in [6, 6.07) is 18.7. The molecule has 0 saturated carbocycles. The molecule has 182 valence electrons. The molecule has 1 amide bonds. The first-order valence-corrected chi connectivity index (χ1v) is 11.0. The van der Waals surface area contributed by atoms with Crippen LogP contribution in [-0.4, -0.2) is 24.2 Å². The topological polar surface area (TPSA) is 116 Å². The zero-order valence-electron chi connectivity index (χ0n) is 19.5. The van der Waals surface area contributed by atoms with Gasteiger partial charge in [-0.05, 0) is 53.9 Å². The number of furan rings is 1. The number of nitrogens with zero attached hydrogens (tertiary/aromatic N) is 2. The Morgan fingerprint density at radius 2 is 1.94 bits per heavy atom. The second-order valence-corrected chi connectivity index (χ2v) is 7.76. The minimum Gasteiger partial charge on any atom is -0.493 e. The van der Waals surface area contributed by atoms with Gasteiger partial charge in [-0.2, -0.15) is 5.10 Å². The fourth-order valence-corrected chi connectivity index (χ4v) is 3.56. The van der Waals surface area contributed by atoms with Gasteiger partial charge in [-0.25, -0.2) is 5.43 Å². The van der Waals surface area contributed by atoms with Crippen molar-refractivity contribution in [2.24, 2.45) is 5.10 Å². The molecule has 9 nitrogen and oxygen atoms in total. The molecule has 1 N–H and O–H groups in total. The number of ether oxygens (including phenoxy) is 2. The first-order chi connectivity index (χ1) is 17.5. The van der Waals surface area contributed by atoms with Gasteiger partial charge in [-0.3, -0.25) is 14.9 Å². The number of fused-ring (bicyclic) bond motifs is 1. The van der Waals surface area contributed by atoms with Crippen molar-refractivity contribution in [2.75, 3.05) is 7.11 Å². The Bertz CT molecular complexity index is 1410. The summed E-state index contributed by atoms with van der Waals surface area (Å²) in [7, 11) is 1.52. The molecule has 0 aliphatic rings. The second-order valence-electron chi connectivity index (χ2n) is 7.76. The van der Waals surface area contributed by atoms with E-state index < -0.39 is 10.8 Å². The van der Waals surface area contributed by atoms with Crippen molar-refractivity contribution in [1.82, 2.24) is 5.43 Å². The summed E-state index contributed by atoms with van der Waals surface area (Å²) in [5.74, 6) is 0.692. The van der Waals surface area contributed by atoms with Crippen LogP contribution in [0.1, 0.15) is 27.2 Å². The van der Waals surface area contributed by atoms with Crippen LogP contribution in [0.4, 0.5) is 5.69 Å². The monoisotopic (exact) mass is 485 g/mol. The van der Waals surface area contributed by atoms with E-state index in [-0.39, 0.29) is 18.1 Å². The summed E-state index contributed by atoms with van der Waals surface area (Å²) >= 11 is 0. The van der Waals surface area contributed by atoms with Crippen molar-refractivity contribution in [2.45, 2.75) is 13.0 Å². The molecular formula is C27H23N3O6. The Morgan fingerprint density at radius 1 is 1.17 bits per heavy atom. The number of para-hydroxylation sites is 1. The summed E-state index contributed by atoms with van der Waals surface area (Å²) in [5, 5.41) is 15.7. The van der Waals surface area contributed by atoms with Crippen LogP contribution in [0, 0.1) is 10.1 Å². The molecule has 4 aromatic rings. The van der Waals surface area contributed by atoms with E-state index >= 15 is 0 Å². The number of allylic oxidation sites excluding steroid dienone is 1. The second kappa shape index (κ2) is 11.0. The molecule has 0 aliphatic carbocycles. The van der Waals surface area contributed by atoms with E-state index in [0.29, 0.717) is 29.1 Å². The number of hydrazone groups is 1. The summed E-state index contributed by atoms with van der Waals surface area (Å²) < 4.78 is 17.1. The molecule has 0 bridgehead atoms. The van der Waals surface area contributed by atoms with E-state index in [1.807, 2.05) is 24.3 Å². The highest BCUT2D eigenvalue weighted by Crippen LogP contribution is 2.34. The molecule has 0 saturated heterocycles. The Kier molecular flexibility index (Phi) is 7.40. The average Bonchev–Trinajstić information content (AvgIpc) is 3.33. The Balaban J connectivity index is 1.49. The van der Waals surface area contributed by atoms with Crippen LogP contribution in [0.2, 0.25) is 0 Å². The number of hydrogen-bond donors (Lipinski definition) is 1. The van der Waals surface area contributed by atoms with Gasteiger partial charge in [0.15, 0.2) is 17.3 Å². The number of carbonyl (C=O) groups is 1. The lowest BCUT2D eigenvalue weighted by atomic mass is 10.1. The fraction of sp³-hybridized carbons (Fsp3) is 0.111. The van der Waals surface area contributed by atoms with Crippen LogP contribution in [0.25, 0.3) is 11.0 Å². The third kappa shape index (κ3) is 5.58. The van der Waals surface area contributed by atoms with Gasteiger partial charge in [0.25, 0.3) is 5.69 Å². The SMILES string of the molecule is C=CCc1cc(/C=N/NC(=O)c2cc3ccccc3o2)cc(OC)c1OCc1ccc([N+](=O)[O-])cc1. The van der Waals surface area contributed by atoms with Crippen molar-refractivity contribution in [3.8, 4) is 11.5 Å². The standard InChI is InChI=1S/C27H23N3O6/c1-3-6-21-13-19(16-28-29-27(31)25-15-20-7-4-5-8-23(20)36-25)14-24(34-2)26(21)35-17-18-9-11-22(12-10-18)30(32)33/h3-5,7-16H,1,6,17H2,2H3,(H,29,31)/b28-16+. The quantitative estimate of drug-likeness (QED) is 0.139. The molecule has 4 rings (SSSR count). The molecule has 36 heavy (non-hydrogen) atoms. The number of nitro benzene ring substituents is 1. The molecule has 0 atom stereocenters. The summed E-state index contributed by atoms with van der Waals surface area (Å²) in [6.45, 7) is 4.00. The molecule has 1 aromatic heterocycles. The van der Waals surface area contributed by atoms with Crippen LogP contribution in [0.3, 0.4) is 0 Å². The predicted octanol–water partition coefficient (Wildman–Crippen LogP) is 5.42. The van der Waals surface area contributed by atoms with Gasteiger partial charge in [-0.15, -0.1) is 6.58 Å². The number of methoxy groups -OCH3 is 1. The minimum absolute atomic E-state index is 0.0136. The lowest BCUT2D eigenvalue weighted by Crippen LogP contribution is -2.16. The number of non-ortho nitro benzene ring substituents is 1. The zero-order chi connectivity index (χ0) is 25.5. The van der Waals surface area contributed by atoms with Crippen molar-refractivity contribution >= 4 is 28.8 Å². The van der Waals surface area contributed by atoms with Crippen LogP contribution >= 0.6 is 0 Å². The molecule has 3 aromatic carbocycles. The number of benzene rings is 3. The molecular weight excluding hydrogens is 462 g/mol. The number of nitro groups is 1. The van der Waals surface area contributed by atoms with Crippen LogP contribution < -0.4 is 14.9 Å².